The van der Waals surface area contributed by atoms with Crippen LogP contribution in [0.2, 0.25) is 0 Å². The van der Waals surface area contributed by atoms with Gasteiger partial charge in [0.05, 0.1) is 18.0 Å². The summed E-state index contributed by atoms with van der Waals surface area (Å²) in [7, 11) is 1.65. The monoisotopic (exact) mass is 402 g/mol. The summed E-state index contributed by atoms with van der Waals surface area (Å²) >= 11 is 1.43. The third kappa shape index (κ3) is 6.12. The van der Waals surface area contributed by atoms with Gasteiger partial charge in [-0.2, -0.15) is 0 Å². The largest absolute Gasteiger partial charge is 0.336 e. The molecule has 0 atom stereocenters. The van der Waals surface area contributed by atoms with Crippen molar-refractivity contribution in [2.24, 2.45) is 0 Å². The van der Waals surface area contributed by atoms with Crippen LogP contribution in [0.3, 0.4) is 0 Å². The number of amides is 2. The van der Waals surface area contributed by atoms with Crippen molar-refractivity contribution < 1.29 is 9.59 Å². The number of hydrogen-bond acceptors (Lipinski definition) is 4. The molecule has 0 aliphatic carbocycles. The summed E-state index contributed by atoms with van der Waals surface area (Å²) in [5.74, 6) is -0.0405. The lowest BCUT2D eigenvalue weighted by atomic mass is 10.2. The van der Waals surface area contributed by atoms with Gasteiger partial charge in [-0.1, -0.05) is 42.8 Å². The quantitative estimate of drug-likeness (QED) is 0.648. The zero-order valence-corrected chi connectivity index (χ0v) is 18.2. The second-order valence-corrected chi connectivity index (χ2v) is 7.97. The average Bonchev–Trinajstić information content (AvgIpc) is 2.93. The maximum Gasteiger partial charge on any atom is 0.243 e. The van der Waals surface area contributed by atoms with E-state index in [0.29, 0.717) is 0 Å². The fourth-order valence-corrected chi connectivity index (χ4v) is 3.75. The molecular formula is C21H30N4O2S. The minimum absolute atomic E-state index is 0.0234. The third-order valence-corrected chi connectivity index (χ3v) is 5.59. The zero-order chi connectivity index (χ0) is 20.7. The first-order valence-electron chi connectivity index (χ1n) is 9.58. The molecule has 1 N–H and O–H groups in total. The van der Waals surface area contributed by atoms with Crippen LogP contribution in [-0.2, 0) is 16.1 Å². The van der Waals surface area contributed by atoms with Gasteiger partial charge in [-0.05, 0) is 39.3 Å². The molecule has 0 spiro atoms. The lowest BCUT2D eigenvalue weighted by molar-refractivity contribution is -0.131. The van der Waals surface area contributed by atoms with Crippen LogP contribution < -0.4 is 5.32 Å². The van der Waals surface area contributed by atoms with Crippen LogP contribution in [0.25, 0.3) is 0 Å². The highest BCUT2D eigenvalue weighted by atomic mass is 32.2. The van der Waals surface area contributed by atoms with E-state index in [-0.39, 0.29) is 24.1 Å². The number of rotatable bonds is 9. The fourth-order valence-electron chi connectivity index (χ4n) is 2.69. The van der Waals surface area contributed by atoms with E-state index in [0.717, 1.165) is 47.2 Å². The van der Waals surface area contributed by atoms with Gasteiger partial charge < -0.3 is 14.8 Å². The number of nitrogens with zero attached hydrogens (tertiary/aromatic N) is 3. The normalized spacial score (nSPS) is 10.8. The number of hydrogen-bond donors (Lipinski definition) is 1. The van der Waals surface area contributed by atoms with Crippen LogP contribution in [0.4, 0.5) is 5.69 Å². The van der Waals surface area contributed by atoms with Crippen LogP contribution in [0.15, 0.2) is 29.4 Å². The molecule has 2 amide bonds. The van der Waals surface area contributed by atoms with Gasteiger partial charge in [-0.15, -0.1) is 0 Å². The highest BCUT2D eigenvalue weighted by Crippen LogP contribution is 2.22. The lowest BCUT2D eigenvalue weighted by Gasteiger charge is -2.17. The molecule has 28 heavy (non-hydrogen) atoms. The first-order chi connectivity index (χ1) is 13.3. The van der Waals surface area contributed by atoms with Crippen LogP contribution in [0, 0.1) is 20.8 Å². The van der Waals surface area contributed by atoms with Crippen molar-refractivity contribution in [2.45, 2.75) is 52.2 Å². The number of unbranched alkanes of at least 4 members (excludes halogenated alkanes) is 1. The summed E-state index contributed by atoms with van der Waals surface area (Å²) in [5, 5.41) is 3.69. The molecule has 152 valence electrons. The van der Waals surface area contributed by atoms with Gasteiger partial charge in [0, 0.05) is 25.0 Å². The summed E-state index contributed by atoms with van der Waals surface area (Å²) in [4.78, 5) is 30.7. The minimum Gasteiger partial charge on any atom is -0.336 e. The van der Waals surface area contributed by atoms with E-state index in [2.05, 4.69) is 28.7 Å². The van der Waals surface area contributed by atoms with Gasteiger partial charge >= 0.3 is 0 Å². The van der Waals surface area contributed by atoms with Gasteiger partial charge in [-0.3, -0.25) is 9.59 Å². The summed E-state index contributed by atoms with van der Waals surface area (Å²) in [6.07, 6.45) is 2.19. The Bertz CT molecular complexity index is 815. The number of carbonyl (C=O) groups is 2. The van der Waals surface area contributed by atoms with Crippen LogP contribution >= 0.6 is 11.8 Å². The number of aromatic nitrogens is 2. The van der Waals surface area contributed by atoms with E-state index in [1.165, 1.54) is 16.7 Å². The summed E-state index contributed by atoms with van der Waals surface area (Å²) < 4.78 is 2.18. The standard InChI is InChI=1S/C21H30N4O2S/c1-6-7-12-25-17(4)16(3)22-21(25)28-14-20(27)24(5)13-19(26)23-18-10-8-15(2)9-11-18/h8-11H,6-7,12-14H2,1-5H3,(H,23,26). The Labute approximate surface area is 171 Å². The van der Waals surface area contributed by atoms with Crippen molar-refractivity contribution in [1.82, 2.24) is 14.5 Å². The van der Waals surface area contributed by atoms with Crippen LogP contribution in [0.5, 0.6) is 0 Å². The number of likely N-dealkylation sites (N-methyl/N-ethyl adjacent to an activating group) is 1. The van der Waals surface area contributed by atoms with E-state index in [9.17, 15) is 9.59 Å². The van der Waals surface area contributed by atoms with Gasteiger partial charge in [-0.25, -0.2) is 4.98 Å². The smallest absolute Gasteiger partial charge is 0.243 e. The molecular weight excluding hydrogens is 372 g/mol. The molecule has 1 heterocycles. The number of nitrogens with one attached hydrogen (secondary N) is 1. The molecule has 0 saturated carbocycles. The highest BCUT2D eigenvalue weighted by Gasteiger charge is 2.17. The molecule has 1 aromatic heterocycles. The number of imidazole rings is 1. The van der Waals surface area contributed by atoms with Crippen LogP contribution in [-0.4, -0.2) is 45.6 Å². The van der Waals surface area contributed by atoms with E-state index in [4.69, 9.17) is 0 Å². The van der Waals surface area contributed by atoms with Crippen molar-refractivity contribution in [3.05, 3.63) is 41.2 Å². The Kier molecular flexibility index (Phi) is 8.11. The molecule has 0 bridgehead atoms. The number of benzene rings is 1. The van der Waals surface area contributed by atoms with Gasteiger partial charge in [0.1, 0.15) is 0 Å². The lowest BCUT2D eigenvalue weighted by Crippen LogP contribution is -2.36. The number of carbonyl (C=O) groups excluding carboxylic acids is 2. The first kappa shape index (κ1) is 22.0. The second kappa shape index (κ2) is 10.3. The molecule has 0 saturated heterocycles. The van der Waals surface area contributed by atoms with Gasteiger partial charge in [0.2, 0.25) is 11.8 Å². The second-order valence-electron chi connectivity index (χ2n) is 7.02. The van der Waals surface area contributed by atoms with Crippen molar-refractivity contribution in [2.75, 3.05) is 24.7 Å². The Hall–Kier alpha value is -2.28. The summed E-state index contributed by atoms with van der Waals surface area (Å²) in [6, 6.07) is 7.58. The zero-order valence-electron chi connectivity index (χ0n) is 17.4. The maximum atomic E-state index is 12.5. The predicted octanol–water partition coefficient (Wildman–Crippen LogP) is 3.80. The Balaban J connectivity index is 1.87. The number of thioether (sulfide) groups is 1. The Morgan fingerprint density at radius 2 is 1.86 bits per heavy atom. The SMILES string of the molecule is CCCCn1c(SCC(=O)N(C)CC(=O)Nc2ccc(C)cc2)nc(C)c1C. The fraction of sp³-hybridized carbons (Fsp3) is 0.476. The molecule has 0 unspecified atom stereocenters. The molecule has 0 fully saturated rings. The molecule has 0 aliphatic rings. The minimum atomic E-state index is -0.208. The predicted molar refractivity (Wildman–Crippen MR) is 115 cm³/mol. The van der Waals surface area contributed by atoms with Gasteiger partial charge in [0.15, 0.2) is 5.16 Å². The van der Waals surface area contributed by atoms with Gasteiger partial charge in [0.25, 0.3) is 0 Å². The molecule has 2 aromatic rings. The van der Waals surface area contributed by atoms with E-state index < -0.39 is 0 Å². The average molecular weight is 403 g/mol. The van der Waals surface area contributed by atoms with Crippen LogP contribution in [0.1, 0.15) is 36.7 Å². The molecule has 7 heteroatoms. The molecule has 1 aromatic carbocycles. The third-order valence-electron chi connectivity index (χ3n) is 4.62. The van der Waals surface area contributed by atoms with E-state index >= 15 is 0 Å². The van der Waals surface area contributed by atoms with E-state index in [1.54, 1.807) is 7.05 Å². The maximum absolute atomic E-state index is 12.5. The van der Waals surface area contributed by atoms with Crippen molar-refractivity contribution in [1.29, 1.82) is 0 Å². The Morgan fingerprint density at radius 1 is 1.18 bits per heavy atom. The summed E-state index contributed by atoms with van der Waals surface area (Å²) in [6.45, 7) is 9.14. The van der Waals surface area contributed by atoms with E-state index in [1.807, 2.05) is 38.1 Å². The van der Waals surface area contributed by atoms with Crippen molar-refractivity contribution in [3.63, 3.8) is 0 Å². The highest BCUT2D eigenvalue weighted by molar-refractivity contribution is 7.99. The number of anilines is 1. The molecule has 0 aliphatic heterocycles. The Morgan fingerprint density at radius 3 is 2.50 bits per heavy atom. The first-order valence-corrected chi connectivity index (χ1v) is 10.6. The summed E-state index contributed by atoms with van der Waals surface area (Å²) in [5.41, 5.74) is 4.01. The van der Waals surface area contributed by atoms with Crippen molar-refractivity contribution in [3.8, 4) is 0 Å². The molecule has 2 rings (SSSR count). The topological polar surface area (TPSA) is 67.2 Å². The number of aryl methyl sites for hydroxylation is 2. The molecule has 6 nitrogen and oxygen atoms in total. The molecule has 0 radical (unpaired) electrons. The van der Waals surface area contributed by atoms with Crippen molar-refractivity contribution >= 4 is 29.3 Å².